The highest BCUT2D eigenvalue weighted by Gasteiger charge is 2.48. The Kier molecular flexibility index (Phi) is 5.52. The predicted molar refractivity (Wildman–Crippen MR) is 96.2 cm³/mol. The summed E-state index contributed by atoms with van der Waals surface area (Å²) >= 11 is 0. The number of epoxide rings is 2. The second kappa shape index (κ2) is 7.67. The minimum Gasteiger partial charge on any atom is -0.370 e. The second-order valence-electron chi connectivity index (χ2n) is 8.81. The van der Waals surface area contributed by atoms with Gasteiger partial charge in [0.2, 0.25) is 0 Å². The Labute approximate surface area is 152 Å². The Balaban J connectivity index is 1.23. The molecule has 0 N–H and O–H groups in total. The molecule has 0 aromatic carbocycles. The van der Waals surface area contributed by atoms with E-state index in [1.807, 2.05) is 6.08 Å². The molecular formula is C21H34O4. The number of allylic oxidation sites excluding steroid dienone is 1. The summed E-state index contributed by atoms with van der Waals surface area (Å²) in [6.45, 7) is 10.1. The van der Waals surface area contributed by atoms with Gasteiger partial charge in [-0.15, -0.1) is 6.58 Å². The largest absolute Gasteiger partial charge is 0.370 e. The van der Waals surface area contributed by atoms with Crippen molar-refractivity contribution < 1.29 is 18.9 Å². The summed E-state index contributed by atoms with van der Waals surface area (Å²) in [5.41, 5.74) is 0. The van der Waals surface area contributed by atoms with Crippen LogP contribution in [0, 0.1) is 23.7 Å². The van der Waals surface area contributed by atoms with E-state index in [0.717, 1.165) is 38.9 Å². The molecule has 0 bridgehead atoms. The van der Waals surface area contributed by atoms with Gasteiger partial charge in [-0.3, -0.25) is 0 Å². The Hall–Kier alpha value is -0.420. The number of rotatable bonds is 9. The fraction of sp³-hybridized carbons (Fsp3) is 0.905. The van der Waals surface area contributed by atoms with Crippen LogP contribution >= 0.6 is 0 Å². The van der Waals surface area contributed by atoms with Crippen LogP contribution in [0.3, 0.4) is 0 Å². The van der Waals surface area contributed by atoms with Crippen LogP contribution < -0.4 is 0 Å². The zero-order valence-corrected chi connectivity index (χ0v) is 15.8. The van der Waals surface area contributed by atoms with Gasteiger partial charge in [0.05, 0.1) is 37.6 Å². The van der Waals surface area contributed by atoms with Crippen molar-refractivity contribution in [2.24, 2.45) is 23.7 Å². The highest BCUT2D eigenvalue weighted by atomic mass is 16.7. The fourth-order valence-corrected chi connectivity index (χ4v) is 4.76. The third kappa shape index (κ3) is 4.47. The molecule has 25 heavy (non-hydrogen) atoms. The maximum Gasteiger partial charge on any atom is 0.157 e. The lowest BCUT2D eigenvalue weighted by molar-refractivity contribution is -0.167. The summed E-state index contributed by atoms with van der Waals surface area (Å²) in [4.78, 5) is 0. The molecule has 4 fully saturated rings. The quantitative estimate of drug-likeness (QED) is 0.359. The standard InChI is InChI=1S/C21H34O4/c1-4-5-6-21(22-11-15-9-19-17(24-19)7-13(15)2)23-12-16-10-20-18(25-20)8-14(16)3/h4,13-21H,1,5-12H2,2-3H3. The normalized spacial score (nSPS) is 46.0. The van der Waals surface area contributed by atoms with Crippen LogP contribution in [0.2, 0.25) is 0 Å². The van der Waals surface area contributed by atoms with Gasteiger partial charge in [0.15, 0.2) is 6.29 Å². The summed E-state index contributed by atoms with van der Waals surface area (Å²) in [7, 11) is 0. The average molecular weight is 350 g/mol. The van der Waals surface area contributed by atoms with Crippen molar-refractivity contribution in [3.05, 3.63) is 12.7 Å². The van der Waals surface area contributed by atoms with E-state index >= 15 is 0 Å². The van der Waals surface area contributed by atoms with E-state index in [-0.39, 0.29) is 6.29 Å². The van der Waals surface area contributed by atoms with E-state index in [4.69, 9.17) is 18.9 Å². The molecule has 2 heterocycles. The highest BCUT2D eigenvalue weighted by Crippen LogP contribution is 2.44. The van der Waals surface area contributed by atoms with Crippen molar-refractivity contribution in [1.82, 2.24) is 0 Å². The lowest BCUT2D eigenvalue weighted by atomic mass is 9.81. The zero-order chi connectivity index (χ0) is 17.4. The number of ether oxygens (including phenoxy) is 4. The minimum absolute atomic E-state index is 0.104. The number of hydrogen-bond donors (Lipinski definition) is 0. The maximum absolute atomic E-state index is 6.23. The van der Waals surface area contributed by atoms with E-state index in [0.29, 0.717) is 48.1 Å². The van der Waals surface area contributed by atoms with Crippen LogP contribution in [0.15, 0.2) is 12.7 Å². The van der Waals surface area contributed by atoms with E-state index in [2.05, 4.69) is 20.4 Å². The Morgan fingerprint density at radius 2 is 1.36 bits per heavy atom. The first-order valence-electron chi connectivity index (χ1n) is 10.3. The van der Waals surface area contributed by atoms with Crippen molar-refractivity contribution >= 4 is 0 Å². The second-order valence-corrected chi connectivity index (χ2v) is 8.81. The molecule has 0 radical (unpaired) electrons. The molecule has 8 atom stereocenters. The minimum atomic E-state index is -0.104. The summed E-state index contributed by atoms with van der Waals surface area (Å²) in [5.74, 6) is 2.58. The van der Waals surface area contributed by atoms with Gasteiger partial charge in [-0.2, -0.15) is 0 Å². The van der Waals surface area contributed by atoms with Crippen LogP contribution in [-0.4, -0.2) is 43.9 Å². The monoisotopic (exact) mass is 350 g/mol. The molecule has 4 aliphatic rings. The van der Waals surface area contributed by atoms with Gasteiger partial charge in [0.1, 0.15) is 0 Å². The molecule has 4 nitrogen and oxygen atoms in total. The van der Waals surface area contributed by atoms with Crippen LogP contribution in [0.4, 0.5) is 0 Å². The van der Waals surface area contributed by atoms with Crippen molar-refractivity contribution in [2.45, 2.75) is 83.1 Å². The lowest BCUT2D eigenvalue weighted by Crippen LogP contribution is -2.32. The van der Waals surface area contributed by atoms with Gasteiger partial charge in [-0.1, -0.05) is 19.9 Å². The van der Waals surface area contributed by atoms with Crippen LogP contribution in [0.1, 0.15) is 52.4 Å². The summed E-state index contributed by atoms with van der Waals surface area (Å²) in [6, 6.07) is 0. The summed E-state index contributed by atoms with van der Waals surface area (Å²) < 4.78 is 23.8. The van der Waals surface area contributed by atoms with E-state index in [1.54, 1.807) is 0 Å². The molecular weight excluding hydrogens is 316 g/mol. The molecule has 2 aliphatic heterocycles. The molecule has 0 amide bonds. The van der Waals surface area contributed by atoms with Gasteiger partial charge >= 0.3 is 0 Å². The fourth-order valence-electron chi connectivity index (χ4n) is 4.76. The third-order valence-corrected chi connectivity index (χ3v) is 6.86. The molecule has 0 aromatic rings. The molecule has 4 rings (SSSR count). The van der Waals surface area contributed by atoms with Crippen molar-refractivity contribution in [3.63, 3.8) is 0 Å². The van der Waals surface area contributed by atoms with Gasteiger partial charge in [-0.25, -0.2) is 0 Å². The Bertz CT molecular complexity index is 431. The topological polar surface area (TPSA) is 43.5 Å². The molecule has 142 valence electrons. The molecule has 0 spiro atoms. The first-order chi connectivity index (χ1) is 12.1. The number of hydrogen-bond acceptors (Lipinski definition) is 4. The predicted octanol–water partition coefficient (Wildman–Crippen LogP) is 3.94. The highest BCUT2D eigenvalue weighted by molar-refractivity contribution is 4.95. The van der Waals surface area contributed by atoms with Crippen LogP contribution in [0.5, 0.6) is 0 Å². The van der Waals surface area contributed by atoms with Crippen molar-refractivity contribution in [1.29, 1.82) is 0 Å². The zero-order valence-electron chi connectivity index (χ0n) is 15.8. The molecule has 4 heteroatoms. The van der Waals surface area contributed by atoms with Gasteiger partial charge in [-0.05, 0) is 55.8 Å². The number of fused-ring (bicyclic) bond motifs is 2. The molecule has 2 saturated carbocycles. The maximum atomic E-state index is 6.23. The third-order valence-electron chi connectivity index (χ3n) is 6.86. The van der Waals surface area contributed by atoms with Crippen LogP contribution in [-0.2, 0) is 18.9 Å². The van der Waals surface area contributed by atoms with Crippen molar-refractivity contribution in [2.75, 3.05) is 13.2 Å². The van der Waals surface area contributed by atoms with E-state index < -0.39 is 0 Å². The van der Waals surface area contributed by atoms with E-state index in [9.17, 15) is 0 Å². The smallest absolute Gasteiger partial charge is 0.157 e. The average Bonchev–Trinajstić information content (AvgIpc) is 3.49. The van der Waals surface area contributed by atoms with Gasteiger partial charge in [0.25, 0.3) is 0 Å². The molecule has 0 aromatic heterocycles. The Morgan fingerprint density at radius 3 is 1.84 bits per heavy atom. The Morgan fingerprint density at radius 1 is 0.880 bits per heavy atom. The van der Waals surface area contributed by atoms with Crippen molar-refractivity contribution in [3.8, 4) is 0 Å². The summed E-state index contributed by atoms with van der Waals surface area (Å²) in [6.07, 6.45) is 10.5. The van der Waals surface area contributed by atoms with Crippen LogP contribution in [0.25, 0.3) is 0 Å². The SMILES string of the molecule is C=CCCC(OCC1CC2OC2CC1C)OCC1CC2OC2CC1C. The molecule has 2 aliphatic carbocycles. The van der Waals surface area contributed by atoms with E-state index in [1.165, 1.54) is 12.8 Å². The lowest BCUT2D eigenvalue weighted by Gasteiger charge is -2.30. The summed E-state index contributed by atoms with van der Waals surface area (Å²) in [5, 5.41) is 0. The van der Waals surface area contributed by atoms with Gasteiger partial charge < -0.3 is 18.9 Å². The van der Waals surface area contributed by atoms with Gasteiger partial charge in [0, 0.05) is 6.42 Å². The molecule has 2 saturated heterocycles. The molecule has 8 unspecified atom stereocenters. The first kappa shape index (κ1) is 18.0. The first-order valence-corrected chi connectivity index (χ1v) is 10.3.